The largest absolute Gasteiger partial charge is 0.507 e. The molecule has 0 aliphatic carbocycles. The van der Waals surface area contributed by atoms with Gasteiger partial charge in [0.05, 0.1) is 0 Å². The highest BCUT2D eigenvalue weighted by Gasteiger charge is 2.10. The van der Waals surface area contributed by atoms with Crippen molar-refractivity contribution in [3.8, 4) is 56.0 Å². The third-order valence-electron chi connectivity index (χ3n) is 5.69. The summed E-state index contributed by atoms with van der Waals surface area (Å²) in [6.07, 6.45) is 0. The molecule has 5 aromatic rings. The fourth-order valence-corrected chi connectivity index (χ4v) is 4.01. The lowest BCUT2D eigenvalue weighted by Crippen LogP contribution is -1.86. The number of phenols is 2. The molecule has 0 unspecified atom stereocenters. The van der Waals surface area contributed by atoms with Crippen molar-refractivity contribution < 1.29 is 10.2 Å². The van der Waals surface area contributed by atoms with E-state index >= 15 is 0 Å². The zero-order valence-corrected chi connectivity index (χ0v) is 17.4. The molecule has 0 atom stereocenters. The monoisotopic (exact) mass is 414 g/mol. The maximum atomic E-state index is 10.4. The van der Waals surface area contributed by atoms with Crippen LogP contribution in [0.4, 0.5) is 0 Å². The van der Waals surface area contributed by atoms with Gasteiger partial charge in [-0.1, -0.05) is 91.0 Å². The number of phenolic OH excluding ortho intramolecular Hbond substituents is 2. The zero-order valence-electron chi connectivity index (χ0n) is 17.4. The summed E-state index contributed by atoms with van der Waals surface area (Å²) in [6, 6.07) is 39.5. The van der Waals surface area contributed by atoms with Gasteiger partial charge >= 0.3 is 0 Å². The van der Waals surface area contributed by atoms with Crippen molar-refractivity contribution in [2.45, 2.75) is 0 Å². The standard InChI is InChI=1S/C30H22O2/c31-29-16-14-25(19-27(29)21-8-3-1-4-9-21)23-12-7-13-24(18-23)26-15-17-30(32)28(20-26)22-10-5-2-6-11-22/h1-20,31-32H. The molecule has 0 aliphatic heterocycles. The molecule has 32 heavy (non-hydrogen) atoms. The number of hydrogen-bond donors (Lipinski definition) is 2. The molecule has 5 rings (SSSR count). The molecule has 5 aromatic carbocycles. The van der Waals surface area contributed by atoms with Gasteiger partial charge in [0.2, 0.25) is 0 Å². The molecule has 0 aromatic heterocycles. The first kappa shape index (κ1) is 19.7. The van der Waals surface area contributed by atoms with E-state index < -0.39 is 0 Å². The quantitative estimate of drug-likeness (QED) is 0.315. The minimum absolute atomic E-state index is 0.266. The normalized spacial score (nSPS) is 10.8. The first-order valence-electron chi connectivity index (χ1n) is 10.6. The fraction of sp³-hybridized carbons (Fsp3) is 0. The van der Waals surface area contributed by atoms with E-state index in [1.165, 1.54) is 0 Å². The van der Waals surface area contributed by atoms with Crippen molar-refractivity contribution in [3.05, 3.63) is 121 Å². The zero-order chi connectivity index (χ0) is 21.9. The third-order valence-corrected chi connectivity index (χ3v) is 5.69. The Morgan fingerprint density at radius 3 is 1.12 bits per heavy atom. The van der Waals surface area contributed by atoms with E-state index in [0.29, 0.717) is 0 Å². The Hall–Kier alpha value is -4.30. The predicted molar refractivity (Wildman–Crippen MR) is 132 cm³/mol. The SMILES string of the molecule is Oc1ccc(-c2cccc(-c3ccc(O)c(-c4ccccc4)c3)c2)cc1-c1ccccc1. The van der Waals surface area contributed by atoms with Gasteiger partial charge in [0.15, 0.2) is 0 Å². The second kappa shape index (κ2) is 8.44. The van der Waals surface area contributed by atoms with Crippen LogP contribution < -0.4 is 0 Å². The van der Waals surface area contributed by atoms with Crippen molar-refractivity contribution in [2.75, 3.05) is 0 Å². The highest BCUT2D eigenvalue weighted by Crippen LogP contribution is 2.37. The highest BCUT2D eigenvalue weighted by molar-refractivity contribution is 5.82. The lowest BCUT2D eigenvalue weighted by atomic mass is 9.94. The van der Waals surface area contributed by atoms with Crippen LogP contribution in [0.25, 0.3) is 44.5 Å². The summed E-state index contributed by atoms with van der Waals surface area (Å²) in [5, 5.41) is 20.8. The Kier molecular flexibility index (Phi) is 5.19. The first-order valence-corrected chi connectivity index (χ1v) is 10.6. The molecule has 2 heteroatoms. The lowest BCUT2D eigenvalue weighted by molar-refractivity contribution is 0.477. The van der Waals surface area contributed by atoms with Gasteiger partial charge in [0.25, 0.3) is 0 Å². The first-order chi connectivity index (χ1) is 15.7. The lowest BCUT2D eigenvalue weighted by Gasteiger charge is -2.11. The van der Waals surface area contributed by atoms with E-state index in [9.17, 15) is 10.2 Å². The molecule has 0 fully saturated rings. The van der Waals surface area contributed by atoms with Crippen LogP contribution in [0.5, 0.6) is 11.5 Å². The van der Waals surface area contributed by atoms with Crippen LogP contribution in [0, 0.1) is 0 Å². The average Bonchev–Trinajstić information content (AvgIpc) is 2.86. The van der Waals surface area contributed by atoms with E-state index in [4.69, 9.17) is 0 Å². The van der Waals surface area contributed by atoms with Gasteiger partial charge < -0.3 is 10.2 Å². The summed E-state index contributed by atoms with van der Waals surface area (Å²) in [5.41, 5.74) is 7.77. The highest BCUT2D eigenvalue weighted by atomic mass is 16.3. The molecule has 0 saturated carbocycles. The Balaban J connectivity index is 1.56. The number of rotatable bonds is 4. The fourth-order valence-electron chi connectivity index (χ4n) is 4.01. The molecule has 0 spiro atoms. The van der Waals surface area contributed by atoms with Crippen LogP contribution in [0.3, 0.4) is 0 Å². The topological polar surface area (TPSA) is 40.5 Å². The third kappa shape index (κ3) is 3.86. The molecule has 2 N–H and O–H groups in total. The van der Waals surface area contributed by atoms with Crippen LogP contribution in [0.15, 0.2) is 121 Å². The van der Waals surface area contributed by atoms with E-state index in [0.717, 1.165) is 44.5 Å². The van der Waals surface area contributed by atoms with Crippen LogP contribution in [0.1, 0.15) is 0 Å². The van der Waals surface area contributed by atoms with Crippen LogP contribution >= 0.6 is 0 Å². The van der Waals surface area contributed by atoms with Gasteiger partial charge in [-0.2, -0.15) is 0 Å². The van der Waals surface area contributed by atoms with E-state index in [1.807, 2.05) is 91.0 Å². The molecule has 0 heterocycles. The Bertz CT molecular complexity index is 1270. The minimum atomic E-state index is 0.266. The molecular formula is C30H22O2. The Labute approximate surface area is 187 Å². The smallest absolute Gasteiger partial charge is 0.123 e. The minimum Gasteiger partial charge on any atom is -0.507 e. The van der Waals surface area contributed by atoms with Crippen LogP contribution in [-0.2, 0) is 0 Å². The molecule has 0 aliphatic rings. The molecule has 2 nitrogen and oxygen atoms in total. The van der Waals surface area contributed by atoms with Crippen molar-refractivity contribution >= 4 is 0 Å². The van der Waals surface area contributed by atoms with Gasteiger partial charge in [-0.15, -0.1) is 0 Å². The molecule has 0 amide bonds. The van der Waals surface area contributed by atoms with Crippen molar-refractivity contribution in [1.29, 1.82) is 0 Å². The molecule has 0 saturated heterocycles. The second-order valence-corrected chi connectivity index (χ2v) is 7.78. The predicted octanol–water partition coefficient (Wildman–Crippen LogP) is 7.77. The second-order valence-electron chi connectivity index (χ2n) is 7.78. The molecule has 0 radical (unpaired) electrons. The van der Waals surface area contributed by atoms with Gasteiger partial charge in [-0.05, 0) is 63.7 Å². The van der Waals surface area contributed by atoms with Gasteiger partial charge in [0.1, 0.15) is 11.5 Å². The van der Waals surface area contributed by atoms with E-state index in [1.54, 1.807) is 12.1 Å². The van der Waals surface area contributed by atoms with Gasteiger partial charge in [-0.25, -0.2) is 0 Å². The average molecular weight is 415 g/mol. The summed E-state index contributed by atoms with van der Waals surface area (Å²) in [7, 11) is 0. The number of aromatic hydroxyl groups is 2. The summed E-state index contributed by atoms with van der Waals surface area (Å²) >= 11 is 0. The number of benzene rings is 5. The van der Waals surface area contributed by atoms with Crippen molar-refractivity contribution in [2.24, 2.45) is 0 Å². The van der Waals surface area contributed by atoms with Crippen molar-refractivity contribution in [1.82, 2.24) is 0 Å². The van der Waals surface area contributed by atoms with Crippen LogP contribution in [-0.4, -0.2) is 10.2 Å². The Morgan fingerprint density at radius 1 is 0.312 bits per heavy atom. The summed E-state index contributed by atoms with van der Waals surface area (Å²) in [5.74, 6) is 0.532. The summed E-state index contributed by atoms with van der Waals surface area (Å²) < 4.78 is 0. The van der Waals surface area contributed by atoms with Crippen molar-refractivity contribution in [3.63, 3.8) is 0 Å². The van der Waals surface area contributed by atoms with Gasteiger partial charge in [-0.3, -0.25) is 0 Å². The summed E-state index contributed by atoms with van der Waals surface area (Å²) in [6.45, 7) is 0. The molecule has 154 valence electrons. The van der Waals surface area contributed by atoms with Gasteiger partial charge in [0, 0.05) is 11.1 Å². The molecule has 0 bridgehead atoms. The Morgan fingerprint density at radius 2 is 0.688 bits per heavy atom. The maximum Gasteiger partial charge on any atom is 0.123 e. The summed E-state index contributed by atoms with van der Waals surface area (Å²) in [4.78, 5) is 0. The maximum absolute atomic E-state index is 10.4. The van der Waals surface area contributed by atoms with Crippen LogP contribution in [0.2, 0.25) is 0 Å². The van der Waals surface area contributed by atoms with E-state index in [-0.39, 0.29) is 11.5 Å². The molecular weight excluding hydrogens is 392 g/mol. The number of hydrogen-bond acceptors (Lipinski definition) is 2. The van der Waals surface area contributed by atoms with E-state index in [2.05, 4.69) is 18.2 Å².